The van der Waals surface area contributed by atoms with Crippen LogP contribution in [0.3, 0.4) is 0 Å². The molecule has 27 heavy (non-hydrogen) atoms. The number of aliphatic hydroxyl groups excluding tert-OH is 1. The Bertz CT molecular complexity index is 619. The number of carbonyl (C=O) groups excluding carboxylic acids is 1. The van der Waals surface area contributed by atoms with Gasteiger partial charge in [-0.2, -0.15) is 0 Å². The van der Waals surface area contributed by atoms with Gasteiger partial charge in [0.2, 0.25) is 5.88 Å². The first kappa shape index (κ1) is 20.0. The molecule has 7 heteroatoms. The zero-order valence-electron chi connectivity index (χ0n) is 16.5. The van der Waals surface area contributed by atoms with Crippen LogP contribution < -0.4 is 4.74 Å². The third-order valence-electron chi connectivity index (χ3n) is 5.92. The van der Waals surface area contributed by atoms with Gasteiger partial charge in [0.15, 0.2) is 0 Å². The van der Waals surface area contributed by atoms with E-state index in [9.17, 15) is 9.90 Å². The fourth-order valence-corrected chi connectivity index (χ4v) is 4.36. The molecule has 150 valence electrons. The van der Waals surface area contributed by atoms with Crippen LogP contribution in [-0.2, 0) is 0 Å². The van der Waals surface area contributed by atoms with Gasteiger partial charge < -0.3 is 19.6 Å². The van der Waals surface area contributed by atoms with E-state index >= 15 is 0 Å². The number of likely N-dealkylation sites (tertiary alicyclic amines) is 1. The van der Waals surface area contributed by atoms with E-state index in [0.717, 1.165) is 58.5 Å². The van der Waals surface area contributed by atoms with E-state index < -0.39 is 0 Å². The van der Waals surface area contributed by atoms with Crippen LogP contribution in [0.4, 0.5) is 0 Å². The zero-order chi connectivity index (χ0) is 19.2. The number of nitrogens with zero attached hydrogens (tertiary/aromatic N) is 4. The van der Waals surface area contributed by atoms with Crippen LogP contribution in [0.1, 0.15) is 29.6 Å². The Morgan fingerprint density at radius 3 is 2.78 bits per heavy atom. The van der Waals surface area contributed by atoms with Gasteiger partial charge in [-0.25, -0.2) is 4.98 Å². The summed E-state index contributed by atoms with van der Waals surface area (Å²) in [5.74, 6) is 0.766. The molecule has 2 atom stereocenters. The molecule has 1 amide bonds. The molecule has 2 saturated heterocycles. The normalized spacial score (nSPS) is 24.8. The zero-order valence-corrected chi connectivity index (χ0v) is 16.5. The summed E-state index contributed by atoms with van der Waals surface area (Å²) >= 11 is 0. The van der Waals surface area contributed by atoms with Crippen LogP contribution in [0, 0.1) is 5.92 Å². The maximum absolute atomic E-state index is 13.1. The summed E-state index contributed by atoms with van der Waals surface area (Å²) in [5, 5.41) is 9.32. The molecule has 3 rings (SSSR count). The van der Waals surface area contributed by atoms with Gasteiger partial charge in [-0.3, -0.25) is 9.69 Å². The third-order valence-corrected chi connectivity index (χ3v) is 5.92. The predicted molar refractivity (Wildman–Crippen MR) is 104 cm³/mol. The van der Waals surface area contributed by atoms with Gasteiger partial charge in [-0.05, 0) is 44.4 Å². The molecule has 2 fully saturated rings. The molecular formula is C20H32N4O3. The van der Waals surface area contributed by atoms with E-state index in [1.165, 1.54) is 0 Å². The number of hydrogen-bond donors (Lipinski definition) is 1. The molecule has 0 aliphatic carbocycles. The molecule has 0 bridgehead atoms. The Labute approximate surface area is 161 Å². The summed E-state index contributed by atoms with van der Waals surface area (Å²) in [6.07, 6.45) is 4.35. The molecule has 7 nitrogen and oxygen atoms in total. The lowest BCUT2D eigenvalue weighted by molar-refractivity contribution is 0.0216. The first-order valence-electron chi connectivity index (χ1n) is 9.95. The van der Waals surface area contributed by atoms with E-state index in [4.69, 9.17) is 4.74 Å². The molecule has 0 radical (unpaired) electrons. The molecule has 3 heterocycles. The van der Waals surface area contributed by atoms with Crippen molar-refractivity contribution in [2.24, 2.45) is 5.92 Å². The summed E-state index contributed by atoms with van der Waals surface area (Å²) in [6.45, 7) is 6.05. The quantitative estimate of drug-likeness (QED) is 0.797. The largest absolute Gasteiger partial charge is 0.480 e. The molecule has 0 aromatic carbocycles. The standard InChI is InChI=1S/C20H32N4O3/c1-22-10-12-23(13-11-22)18-7-9-24(15-16(18)5-4-14-25)20(26)17-6-3-8-21-19(17)27-2/h3,6,8,16,18,25H,4-5,7,9-15H2,1-2H3/t16-,18+/m0/s1. The number of hydrogen-bond acceptors (Lipinski definition) is 6. The van der Waals surface area contributed by atoms with E-state index in [-0.39, 0.29) is 12.5 Å². The molecule has 1 aromatic rings. The highest BCUT2D eigenvalue weighted by molar-refractivity contribution is 5.96. The van der Waals surface area contributed by atoms with Crippen molar-refractivity contribution in [2.45, 2.75) is 25.3 Å². The fraction of sp³-hybridized carbons (Fsp3) is 0.700. The van der Waals surface area contributed by atoms with Crippen molar-refractivity contribution >= 4 is 5.91 Å². The minimum Gasteiger partial charge on any atom is -0.480 e. The van der Waals surface area contributed by atoms with Crippen LogP contribution in [0.5, 0.6) is 5.88 Å². The average Bonchev–Trinajstić information content (AvgIpc) is 2.72. The number of carbonyl (C=O) groups is 1. The Morgan fingerprint density at radius 2 is 2.07 bits per heavy atom. The number of likely N-dealkylation sites (N-methyl/N-ethyl adjacent to an activating group) is 1. The molecule has 2 aliphatic rings. The lowest BCUT2D eigenvalue weighted by atomic mass is 9.86. The van der Waals surface area contributed by atoms with Crippen LogP contribution in [0.25, 0.3) is 0 Å². The molecule has 1 N–H and O–H groups in total. The lowest BCUT2D eigenvalue weighted by Gasteiger charge is -2.46. The van der Waals surface area contributed by atoms with E-state index in [0.29, 0.717) is 23.4 Å². The topological polar surface area (TPSA) is 69.1 Å². The smallest absolute Gasteiger partial charge is 0.259 e. The highest BCUT2D eigenvalue weighted by Gasteiger charge is 2.36. The fourth-order valence-electron chi connectivity index (χ4n) is 4.36. The van der Waals surface area contributed by atoms with Crippen LogP contribution in [0.15, 0.2) is 18.3 Å². The van der Waals surface area contributed by atoms with Crippen molar-refractivity contribution in [3.8, 4) is 5.88 Å². The van der Waals surface area contributed by atoms with Crippen LogP contribution >= 0.6 is 0 Å². The van der Waals surface area contributed by atoms with Gasteiger partial charge in [0.05, 0.1) is 7.11 Å². The molecule has 0 saturated carbocycles. The highest BCUT2D eigenvalue weighted by atomic mass is 16.5. The molecular weight excluding hydrogens is 344 g/mol. The SMILES string of the molecule is COc1ncccc1C(=O)N1CC[C@@H](N2CCN(C)CC2)[C@@H](CCCO)C1. The number of aromatic nitrogens is 1. The van der Waals surface area contributed by atoms with E-state index in [1.807, 2.05) is 4.90 Å². The number of pyridine rings is 1. The number of piperazine rings is 1. The van der Waals surface area contributed by atoms with E-state index in [2.05, 4.69) is 21.8 Å². The van der Waals surface area contributed by atoms with Crippen molar-refractivity contribution in [1.82, 2.24) is 19.7 Å². The third kappa shape index (κ3) is 4.78. The molecule has 2 aliphatic heterocycles. The van der Waals surface area contributed by atoms with E-state index in [1.54, 1.807) is 25.4 Å². The summed E-state index contributed by atoms with van der Waals surface area (Å²) in [6, 6.07) is 4.05. The maximum Gasteiger partial charge on any atom is 0.259 e. The number of methoxy groups -OCH3 is 1. The summed E-state index contributed by atoms with van der Waals surface area (Å²) < 4.78 is 5.27. The number of rotatable bonds is 6. The average molecular weight is 377 g/mol. The Morgan fingerprint density at radius 1 is 1.30 bits per heavy atom. The van der Waals surface area contributed by atoms with Gasteiger partial charge in [0, 0.05) is 58.1 Å². The Hall–Kier alpha value is -1.70. The lowest BCUT2D eigenvalue weighted by Crippen LogP contribution is -2.57. The van der Waals surface area contributed by atoms with Gasteiger partial charge in [-0.15, -0.1) is 0 Å². The molecule has 1 aromatic heterocycles. The first-order chi connectivity index (χ1) is 13.1. The summed E-state index contributed by atoms with van der Waals surface area (Å²) in [5.41, 5.74) is 0.527. The minimum absolute atomic E-state index is 0.00854. The van der Waals surface area contributed by atoms with Gasteiger partial charge in [0.25, 0.3) is 5.91 Å². The van der Waals surface area contributed by atoms with Crippen molar-refractivity contribution in [3.63, 3.8) is 0 Å². The van der Waals surface area contributed by atoms with Crippen molar-refractivity contribution < 1.29 is 14.6 Å². The molecule has 0 unspecified atom stereocenters. The number of aliphatic hydroxyl groups is 1. The first-order valence-corrected chi connectivity index (χ1v) is 9.95. The summed E-state index contributed by atoms with van der Waals surface area (Å²) in [7, 11) is 3.71. The van der Waals surface area contributed by atoms with Crippen LogP contribution in [-0.4, -0.2) is 96.8 Å². The van der Waals surface area contributed by atoms with Gasteiger partial charge >= 0.3 is 0 Å². The van der Waals surface area contributed by atoms with Crippen LogP contribution in [0.2, 0.25) is 0 Å². The van der Waals surface area contributed by atoms with Gasteiger partial charge in [-0.1, -0.05) is 0 Å². The maximum atomic E-state index is 13.1. The monoisotopic (exact) mass is 376 g/mol. The highest BCUT2D eigenvalue weighted by Crippen LogP contribution is 2.29. The number of amides is 1. The second kappa shape index (κ2) is 9.48. The van der Waals surface area contributed by atoms with Crippen molar-refractivity contribution in [1.29, 1.82) is 0 Å². The molecule has 0 spiro atoms. The number of ether oxygens (including phenoxy) is 1. The second-order valence-electron chi connectivity index (χ2n) is 7.63. The predicted octanol–water partition coefficient (Wildman–Crippen LogP) is 0.941. The van der Waals surface area contributed by atoms with Crippen molar-refractivity contribution in [3.05, 3.63) is 23.9 Å². The van der Waals surface area contributed by atoms with Gasteiger partial charge in [0.1, 0.15) is 5.56 Å². The van der Waals surface area contributed by atoms with Crippen molar-refractivity contribution in [2.75, 3.05) is 60.0 Å². The minimum atomic E-state index is -0.00854. The Balaban J connectivity index is 1.70. The summed E-state index contributed by atoms with van der Waals surface area (Å²) in [4.78, 5) is 24.1. The second-order valence-corrected chi connectivity index (χ2v) is 7.63. The number of piperidine rings is 1. The Kier molecular flexibility index (Phi) is 7.04.